The number of hydrogen-bond donors (Lipinski definition) is 1. The minimum Gasteiger partial charge on any atom is -0.483 e. The summed E-state index contributed by atoms with van der Waals surface area (Å²) in [5.74, 6) is 0.907. The van der Waals surface area contributed by atoms with E-state index in [2.05, 4.69) is 5.32 Å². The lowest BCUT2D eigenvalue weighted by molar-refractivity contribution is -0.123. The molecule has 0 bridgehead atoms. The van der Waals surface area contributed by atoms with Gasteiger partial charge in [-0.25, -0.2) is 8.42 Å². The van der Waals surface area contributed by atoms with E-state index < -0.39 is 9.84 Å². The largest absolute Gasteiger partial charge is 0.483 e. The van der Waals surface area contributed by atoms with E-state index in [9.17, 15) is 13.2 Å². The fourth-order valence-corrected chi connectivity index (χ4v) is 4.44. The Balaban J connectivity index is 1.55. The quantitative estimate of drug-likeness (QED) is 0.695. The molecule has 7 heteroatoms. The van der Waals surface area contributed by atoms with Crippen LogP contribution in [-0.2, 0) is 21.2 Å². The minimum atomic E-state index is -3.22. The monoisotopic (exact) mass is 435 g/mol. The van der Waals surface area contributed by atoms with Crippen molar-refractivity contribution in [1.82, 2.24) is 5.32 Å². The second-order valence-electron chi connectivity index (χ2n) is 7.50. The smallest absolute Gasteiger partial charge is 0.258 e. The molecule has 1 aliphatic carbocycles. The van der Waals surface area contributed by atoms with Crippen LogP contribution in [0.3, 0.4) is 0 Å². The molecule has 0 atom stereocenters. The van der Waals surface area contributed by atoms with Crippen LogP contribution in [0.25, 0.3) is 0 Å². The van der Waals surface area contributed by atoms with Gasteiger partial charge in [0.15, 0.2) is 16.4 Å². The summed E-state index contributed by atoms with van der Waals surface area (Å²) in [6, 6.07) is 12.0. The lowest BCUT2D eigenvalue weighted by Gasteiger charge is -2.24. The molecular weight excluding hydrogens is 410 g/mol. The van der Waals surface area contributed by atoms with Crippen molar-refractivity contribution in [3.05, 3.63) is 58.6 Å². The van der Waals surface area contributed by atoms with Gasteiger partial charge in [-0.2, -0.15) is 0 Å². The number of nitrogens with one attached hydrogen (secondary N) is 1. The van der Waals surface area contributed by atoms with Crippen molar-refractivity contribution in [2.24, 2.45) is 0 Å². The van der Waals surface area contributed by atoms with Crippen LogP contribution in [0.15, 0.2) is 47.4 Å². The Morgan fingerprint density at radius 1 is 1.10 bits per heavy atom. The van der Waals surface area contributed by atoms with E-state index in [0.717, 1.165) is 24.0 Å². The Labute approximate surface area is 177 Å². The van der Waals surface area contributed by atoms with Crippen molar-refractivity contribution in [3.63, 3.8) is 0 Å². The van der Waals surface area contributed by atoms with Crippen molar-refractivity contribution in [2.75, 3.05) is 12.9 Å². The molecule has 5 nitrogen and oxygen atoms in total. The lowest BCUT2D eigenvalue weighted by Crippen LogP contribution is -2.28. The van der Waals surface area contributed by atoms with Gasteiger partial charge in [-0.15, -0.1) is 0 Å². The van der Waals surface area contributed by atoms with Crippen LogP contribution >= 0.6 is 11.6 Å². The molecule has 1 amide bonds. The first-order chi connectivity index (χ1) is 13.8. The molecule has 29 heavy (non-hydrogen) atoms. The van der Waals surface area contributed by atoms with Crippen LogP contribution in [0, 0.1) is 0 Å². The van der Waals surface area contributed by atoms with Gasteiger partial charge in [0.25, 0.3) is 5.91 Å². The highest BCUT2D eigenvalue weighted by atomic mass is 35.5. The highest BCUT2D eigenvalue weighted by Gasteiger charge is 2.20. The van der Waals surface area contributed by atoms with Gasteiger partial charge in [-0.1, -0.05) is 43.0 Å². The molecular formula is C22H26ClNO4S. The normalized spacial score (nSPS) is 15.1. The van der Waals surface area contributed by atoms with E-state index in [1.165, 1.54) is 37.7 Å². The molecule has 0 aliphatic heterocycles. The Kier molecular flexibility index (Phi) is 7.19. The van der Waals surface area contributed by atoms with Crippen molar-refractivity contribution >= 4 is 27.3 Å². The Morgan fingerprint density at radius 3 is 2.45 bits per heavy atom. The van der Waals surface area contributed by atoms with Gasteiger partial charge in [-0.05, 0) is 60.2 Å². The van der Waals surface area contributed by atoms with Crippen molar-refractivity contribution < 1.29 is 17.9 Å². The molecule has 2 aromatic carbocycles. The number of rotatable bonds is 7. The zero-order chi connectivity index (χ0) is 20.9. The standard InChI is InChI=1S/C22H26ClNO4S/c1-29(26,27)19-10-7-16(8-11-19)14-24-22(25)15-28-21-12-9-18(23)13-20(21)17-5-3-2-4-6-17/h7-13,17H,2-6,14-15H2,1H3,(H,24,25). The molecule has 0 unspecified atom stereocenters. The fraction of sp³-hybridized carbons (Fsp3) is 0.409. The van der Waals surface area contributed by atoms with Crippen molar-refractivity contribution in [3.8, 4) is 5.75 Å². The first-order valence-electron chi connectivity index (χ1n) is 9.81. The predicted molar refractivity (Wildman–Crippen MR) is 114 cm³/mol. The van der Waals surface area contributed by atoms with Crippen LogP contribution in [0.4, 0.5) is 0 Å². The van der Waals surface area contributed by atoms with Crippen LogP contribution in [0.1, 0.15) is 49.1 Å². The molecule has 0 spiro atoms. The third-order valence-corrected chi connectivity index (χ3v) is 6.58. The minimum absolute atomic E-state index is 0.0806. The Bertz CT molecular complexity index is 951. The average Bonchev–Trinajstić information content (AvgIpc) is 2.71. The number of sulfone groups is 1. The van der Waals surface area contributed by atoms with E-state index in [4.69, 9.17) is 16.3 Å². The molecule has 1 saturated carbocycles. The lowest BCUT2D eigenvalue weighted by atomic mass is 9.84. The molecule has 1 N–H and O–H groups in total. The van der Waals surface area contributed by atoms with Crippen LogP contribution in [0.5, 0.6) is 5.75 Å². The van der Waals surface area contributed by atoms with E-state index in [0.29, 0.717) is 23.2 Å². The summed E-state index contributed by atoms with van der Waals surface area (Å²) < 4.78 is 28.8. The predicted octanol–water partition coefficient (Wildman–Crippen LogP) is 4.49. The van der Waals surface area contributed by atoms with Gasteiger partial charge in [0.1, 0.15) is 5.75 Å². The summed E-state index contributed by atoms with van der Waals surface area (Å²) >= 11 is 6.18. The van der Waals surface area contributed by atoms with Gasteiger partial charge < -0.3 is 10.1 Å². The van der Waals surface area contributed by atoms with Gasteiger partial charge in [0, 0.05) is 17.8 Å². The number of carbonyl (C=O) groups excluding carboxylic acids is 1. The zero-order valence-corrected chi connectivity index (χ0v) is 18.1. The summed E-state index contributed by atoms with van der Waals surface area (Å²) in [5.41, 5.74) is 1.90. The van der Waals surface area contributed by atoms with Crippen LogP contribution in [-0.4, -0.2) is 27.2 Å². The first kappa shape index (κ1) is 21.7. The Morgan fingerprint density at radius 2 is 1.79 bits per heavy atom. The summed E-state index contributed by atoms with van der Waals surface area (Å²) in [7, 11) is -3.22. The molecule has 3 rings (SSSR count). The molecule has 0 radical (unpaired) electrons. The van der Waals surface area contributed by atoms with Crippen molar-refractivity contribution in [2.45, 2.75) is 49.5 Å². The molecule has 156 valence electrons. The number of halogens is 1. The molecule has 0 aromatic heterocycles. The molecule has 0 heterocycles. The fourth-order valence-electron chi connectivity index (χ4n) is 3.63. The summed E-state index contributed by atoms with van der Waals surface area (Å²) in [4.78, 5) is 12.5. The highest BCUT2D eigenvalue weighted by molar-refractivity contribution is 7.90. The van der Waals surface area contributed by atoms with Gasteiger partial charge in [-0.3, -0.25) is 4.79 Å². The number of ether oxygens (including phenoxy) is 1. The molecule has 0 saturated heterocycles. The van der Waals surface area contributed by atoms with Crippen LogP contribution in [0.2, 0.25) is 5.02 Å². The maximum atomic E-state index is 12.2. The molecule has 2 aromatic rings. The topological polar surface area (TPSA) is 72.5 Å². The van der Waals surface area contributed by atoms with Gasteiger partial charge in [0.2, 0.25) is 0 Å². The van der Waals surface area contributed by atoms with E-state index in [1.54, 1.807) is 18.2 Å². The van der Waals surface area contributed by atoms with E-state index in [1.807, 2.05) is 12.1 Å². The second-order valence-corrected chi connectivity index (χ2v) is 9.95. The number of hydrogen-bond acceptors (Lipinski definition) is 4. The molecule has 1 aliphatic rings. The maximum Gasteiger partial charge on any atom is 0.258 e. The van der Waals surface area contributed by atoms with Crippen molar-refractivity contribution in [1.29, 1.82) is 0 Å². The van der Waals surface area contributed by atoms with Gasteiger partial charge >= 0.3 is 0 Å². The molecule has 1 fully saturated rings. The van der Waals surface area contributed by atoms with Crippen LogP contribution < -0.4 is 10.1 Å². The third kappa shape index (κ3) is 6.21. The van der Waals surface area contributed by atoms with E-state index >= 15 is 0 Å². The summed E-state index contributed by atoms with van der Waals surface area (Å²) in [6.07, 6.45) is 7.07. The number of amides is 1. The third-order valence-electron chi connectivity index (χ3n) is 5.22. The first-order valence-corrected chi connectivity index (χ1v) is 12.1. The number of benzene rings is 2. The Hall–Kier alpha value is -2.05. The number of carbonyl (C=O) groups is 1. The average molecular weight is 436 g/mol. The highest BCUT2D eigenvalue weighted by Crippen LogP contribution is 2.38. The summed E-state index contributed by atoms with van der Waals surface area (Å²) in [5, 5.41) is 3.48. The van der Waals surface area contributed by atoms with Gasteiger partial charge in [0.05, 0.1) is 4.90 Å². The SMILES string of the molecule is CS(=O)(=O)c1ccc(CNC(=O)COc2ccc(Cl)cc2C2CCCCC2)cc1. The zero-order valence-electron chi connectivity index (χ0n) is 16.5. The van der Waals surface area contributed by atoms with E-state index in [-0.39, 0.29) is 17.4 Å². The second kappa shape index (κ2) is 9.63. The summed E-state index contributed by atoms with van der Waals surface area (Å²) in [6.45, 7) is 0.227. The maximum absolute atomic E-state index is 12.2.